The SMILES string of the molecule is CCCCCCCCC(=O)OC(CO)COP(=O)(O)OCC(CO)OC(=O)CCC. The number of esters is 2. The Labute approximate surface area is 178 Å². The van der Waals surface area contributed by atoms with Gasteiger partial charge in [0.15, 0.2) is 0 Å². The van der Waals surface area contributed by atoms with Crippen molar-refractivity contribution in [2.75, 3.05) is 26.4 Å². The normalized spacial score (nSPS) is 15.2. The zero-order chi connectivity index (χ0) is 22.8. The first-order chi connectivity index (χ1) is 14.3. The third kappa shape index (κ3) is 15.8. The van der Waals surface area contributed by atoms with E-state index in [-0.39, 0.29) is 12.8 Å². The number of unbranched alkanes of at least 4 members (excludes halogenated alkanes) is 5. The zero-order valence-corrected chi connectivity index (χ0v) is 18.9. The fourth-order valence-electron chi connectivity index (χ4n) is 2.38. The number of aliphatic hydroxyl groups is 2. The van der Waals surface area contributed by atoms with E-state index in [2.05, 4.69) is 6.92 Å². The van der Waals surface area contributed by atoms with Gasteiger partial charge in [-0.25, -0.2) is 4.57 Å². The summed E-state index contributed by atoms with van der Waals surface area (Å²) in [6, 6.07) is 0. The first kappa shape index (κ1) is 29.0. The van der Waals surface area contributed by atoms with Gasteiger partial charge in [-0.05, 0) is 12.8 Å². The predicted molar refractivity (Wildman–Crippen MR) is 109 cm³/mol. The molecule has 0 heterocycles. The summed E-state index contributed by atoms with van der Waals surface area (Å²) in [4.78, 5) is 32.9. The molecular weight excluding hydrogens is 419 g/mol. The molecule has 0 amide bonds. The van der Waals surface area contributed by atoms with E-state index in [1.165, 1.54) is 0 Å². The van der Waals surface area contributed by atoms with Crippen LogP contribution in [0.3, 0.4) is 0 Å². The first-order valence-corrected chi connectivity index (χ1v) is 12.0. The Morgan fingerprint density at radius 2 is 1.23 bits per heavy atom. The Bertz CT molecular complexity index is 514. The van der Waals surface area contributed by atoms with Crippen LogP contribution in [0.4, 0.5) is 0 Å². The average molecular weight is 456 g/mol. The summed E-state index contributed by atoms with van der Waals surface area (Å²) in [6.07, 6.45) is 4.71. The van der Waals surface area contributed by atoms with Crippen molar-refractivity contribution >= 4 is 19.8 Å². The highest BCUT2D eigenvalue weighted by atomic mass is 31.2. The molecule has 0 spiro atoms. The van der Waals surface area contributed by atoms with Gasteiger partial charge in [-0.1, -0.05) is 46.0 Å². The maximum Gasteiger partial charge on any atom is 0.472 e. The highest BCUT2D eigenvalue weighted by molar-refractivity contribution is 7.47. The lowest BCUT2D eigenvalue weighted by molar-refractivity contribution is -0.153. The van der Waals surface area contributed by atoms with Gasteiger partial charge >= 0.3 is 19.8 Å². The molecule has 0 radical (unpaired) electrons. The van der Waals surface area contributed by atoms with Crippen molar-refractivity contribution in [3.63, 3.8) is 0 Å². The molecule has 0 aliphatic carbocycles. The molecule has 3 atom stereocenters. The molecule has 3 unspecified atom stereocenters. The van der Waals surface area contributed by atoms with Gasteiger partial charge in [0.25, 0.3) is 0 Å². The van der Waals surface area contributed by atoms with Crippen molar-refractivity contribution < 1.29 is 47.8 Å². The number of hydrogen-bond acceptors (Lipinski definition) is 9. The predicted octanol–water partition coefficient (Wildman–Crippen LogP) is 2.48. The van der Waals surface area contributed by atoms with Crippen molar-refractivity contribution in [1.29, 1.82) is 0 Å². The number of carbonyl (C=O) groups is 2. The maximum atomic E-state index is 11.9. The van der Waals surface area contributed by atoms with Crippen LogP contribution in [0, 0.1) is 0 Å². The molecule has 3 N–H and O–H groups in total. The number of ether oxygens (including phenoxy) is 2. The van der Waals surface area contributed by atoms with Crippen molar-refractivity contribution in [2.24, 2.45) is 0 Å². The quantitative estimate of drug-likeness (QED) is 0.150. The molecule has 0 fully saturated rings. The van der Waals surface area contributed by atoms with Gasteiger partial charge in [0.2, 0.25) is 0 Å². The van der Waals surface area contributed by atoms with Gasteiger partial charge in [-0.3, -0.25) is 18.6 Å². The van der Waals surface area contributed by atoms with Crippen molar-refractivity contribution in [3.05, 3.63) is 0 Å². The Balaban J connectivity index is 4.22. The van der Waals surface area contributed by atoms with E-state index >= 15 is 0 Å². The third-order valence-electron chi connectivity index (χ3n) is 4.04. The molecule has 0 saturated heterocycles. The summed E-state index contributed by atoms with van der Waals surface area (Å²) in [5.41, 5.74) is 0. The summed E-state index contributed by atoms with van der Waals surface area (Å²) in [5, 5.41) is 18.5. The van der Waals surface area contributed by atoms with Gasteiger partial charge in [-0.2, -0.15) is 0 Å². The number of hydrogen-bond donors (Lipinski definition) is 3. The highest BCUT2D eigenvalue weighted by Crippen LogP contribution is 2.43. The third-order valence-corrected chi connectivity index (χ3v) is 4.99. The van der Waals surface area contributed by atoms with Crippen LogP contribution in [0.15, 0.2) is 0 Å². The lowest BCUT2D eigenvalue weighted by atomic mass is 10.1. The number of phosphoric acid groups is 1. The summed E-state index contributed by atoms with van der Waals surface area (Å²) in [5.74, 6) is -1.09. The van der Waals surface area contributed by atoms with E-state index in [1.807, 2.05) is 0 Å². The number of carbonyl (C=O) groups excluding carboxylic acids is 2. The van der Waals surface area contributed by atoms with Crippen molar-refractivity contribution in [2.45, 2.75) is 83.8 Å². The van der Waals surface area contributed by atoms with Crippen LogP contribution in [0.25, 0.3) is 0 Å². The molecule has 10 nitrogen and oxygen atoms in total. The number of rotatable bonds is 19. The Kier molecular flexibility index (Phi) is 17.0. The second-order valence-electron chi connectivity index (χ2n) is 6.92. The summed E-state index contributed by atoms with van der Waals surface area (Å²) in [6.45, 7) is 1.62. The topological polar surface area (TPSA) is 149 Å². The molecule has 0 aromatic heterocycles. The lowest BCUT2D eigenvalue weighted by Gasteiger charge is -2.20. The molecule has 0 aliphatic rings. The van der Waals surface area contributed by atoms with E-state index in [0.29, 0.717) is 12.8 Å². The fraction of sp³-hybridized carbons (Fsp3) is 0.895. The molecule has 30 heavy (non-hydrogen) atoms. The van der Waals surface area contributed by atoms with Crippen molar-refractivity contribution in [3.8, 4) is 0 Å². The van der Waals surface area contributed by atoms with E-state index in [9.17, 15) is 24.2 Å². The lowest BCUT2D eigenvalue weighted by Crippen LogP contribution is -2.28. The minimum Gasteiger partial charge on any atom is -0.457 e. The van der Waals surface area contributed by atoms with Crippen LogP contribution in [-0.2, 0) is 32.7 Å². The molecule has 0 aromatic carbocycles. The smallest absolute Gasteiger partial charge is 0.457 e. The van der Waals surface area contributed by atoms with Gasteiger partial charge in [0, 0.05) is 12.8 Å². The number of aliphatic hydroxyl groups excluding tert-OH is 2. The van der Waals surface area contributed by atoms with E-state index in [0.717, 1.165) is 32.1 Å². The van der Waals surface area contributed by atoms with E-state index < -0.39 is 58.4 Å². The van der Waals surface area contributed by atoms with Crippen LogP contribution in [0.2, 0.25) is 0 Å². The van der Waals surface area contributed by atoms with Crippen molar-refractivity contribution in [1.82, 2.24) is 0 Å². The van der Waals surface area contributed by atoms with E-state index in [1.54, 1.807) is 6.92 Å². The Morgan fingerprint density at radius 1 is 0.767 bits per heavy atom. The molecule has 0 bridgehead atoms. The largest absolute Gasteiger partial charge is 0.472 e. The minimum atomic E-state index is -4.57. The van der Waals surface area contributed by atoms with Gasteiger partial charge in [0.1, 0.15) is 12.2 Å². The molecule has 0 saturated carbocycles. The average Bonchev–Trinajstić information content (AvgIpc) is 2.71. The number of phosphoric ester groups is 1. The van der Waals surface area contributed by atoms with Crippen LogP contribution in [0.5, 0.6) is 0 Å². The molecule has 0 aliphatic heterocycles. The summed E-state index contributed by atoms with van der Waals surface area (Å²) >= 11 is 0. The first-order valence-electron chi connectivity index (χ1n) is 10.5. The standard InChI is InChI=1S/C19H37O10P/c1-3-5-6-7-8-9-11-19(23)29-17(13-21)15-27-30(24,25)26-14-16(12-20)28-18(22)10-4-2/h16-17,20-21H,3-15H2,1-2H3,(H,24,25). The highest BCUT2D eigenvalue weighted by Gasteiger charge is 2.27. The summed E-state index contributed by atoms with van der Waals surface area (Å²) in [7, 11) is -4.57. The van der Waals surface area contributed by atoms with Gasteiger partial charge in [-0.15, -0.1) is 0 Å². The maximum absolute atomic E-state index is 11.9. The van der Waals surface area contributed by atoms with Gasteiger partial charge in [0.05, 0.1) is 26.4 Å². The van der Waals surface area contributed by atoms with Crippen LogP contribution < -0.4 is 0 Å². The molecule has 11 heteroatoms. The fourth-order valence-corrected chi connectivity index (χ4v) is 3.17. The van der Waals surface area contributed by atoms with Crippen LogP contribution in [0.1, 0.15) is 71.6 Å². The monoisotopic (exact) mass is 456 g/mol. The van der Waals surface area contributed by atoms with Crippen LogP contribution in [-0.4, -0.2) is 65.7 Å². The second kappa shape index (κ2) is 17.6. The van der Waals surface area contributed by atoms with Crippen LogP contribution >= 0.6 is 7.82 Å². The van der Waals surface area contributed by atoms with E-state index in [4.69, 9.17) is 23.6 Å². The Hall–Kier alpha value is -1.03. The summed E-state index contributed by atoms with van der Waals surface area (Å²) < 4.78 is 31.3. The molecule has 0 aromatic rings. The minimum absolute atomic E-state index is 0.145. The molecule has 0 rings (SSSR count). The molecule has 178 valence electrons. The zero-order valence-electron chi connectivity index (χ0n) is 18.0. The molecular formula is C19H37O10P. The Morgan fingerprint density at radius 3 is 1.70 bits per heavy atom. The second-order valence-corrected chi connectivity index (χ2v) is 8.37. The van der Waals surface area contributed by atoms with Gasteiger partial charge < -0.3 is 24.6 Å².